The summed E-state index contributed by atoms with van der Waals surface area (Å²) >= 11 is 0. The van der Waals surface area contributed by atoms with Crippen LogP contribution in [-0.2, 0) is 11.6 Å². The fraction of sp³-hybridized carbons (Fsp3) is 0.125. The van der Waals surface area contributed by atoms with E-state index in [1.54, 1.807) is 31.4 Å². The first-order valence-corrected chi connectivity index (χ1v) is 6.90. The maximum Gasteiger partial charge on any atom is 0.280 e. The summed E-state index contributed by atoms with van der Waals surface area (Å²) in [5.74, 6) is 0.683. The first-order valence-electron chi connectivity index (χ1n) is 6.90. The van der Waals surface area contributed by atoms with Gasteiger partial charge in [0.05, 0.1) is 18.7 Å². The van der Waals surface area contributed by atoms with Crippen LogP contribution in [0.25, 0.3) is 10.9 Å². The molecule has 0 N–H and O–H groups in total. The lowest BCUT2D eigenvalue weighted by Crippen LogP contribution is -2.24. The molecule has 1 heterocycles. The second-order valence-electron chi connectivity index (χ2n) is 4.65. The topological polar surface area (TPSA) is 78.6 Å². The minimum atomic E-state index is -0.275. The van der Waals surface area contributed by atoms with Crippen molar-refractivity contribution in [2.75, 3.05) is 7.11 Å². The molecule has 2 aromatic carbocycles. The summed E-state index contributed by atoms with van der Waals surface area (Å²) in [5.41, 5.74) is 1.04. The van der Waals surface area contributed by atoms with Gasteiger partial charge < -0.3 is 9.57 Å². The lowest BCUT2D eigenvalue weighted by atomic mass is 10.2. The van der Waals surface area contributed by atoms with Crippen molar-refractivity contribution < 1.29 is 9.57 Å². The number of nitrogens with zero attached hydrogens (tertiary/aromatic N) is 4. The zero-order valence-electron chi connectivity index (χ0n) is 12.4. The maximum atomic E-state index is 12.2. The average molecular weight is 310 g/mol. The average Bonchev–Trinajstić information content (AvgIpc) is 2.61. The molecule has 0 aliphatic heterocycles. The third-order valence-corrected chi connectivity index (χ3v) is 3.21. The SMILES string of the molecule is COc1ccccc1/C=N\OCn1nnc2ccccc2c1=O. The number of oxime groups is 1. The Morgan fingerprint density at radius 3 is 2.83 bits per heavy atom. The predicted octanol–water partition coefficient (Wildman–Crippen LogP) is 1.81. The molecule has 0 fully saturated rings. The number of para-hydroxylation sites is 1. The fourth-order valence-corrected chi connectivity index (χ4v) is 2.06. The van der Waals surface area contributed by atoms with Crippen molar-refractivity contribution in [3.63, 3.8) is 0 Å². The summed E-state index contributed by atoms with van der Waals surface area (Å²) in [5, 5.41) is 12.1. The van der Waals surface area contributed by atoms with Crippen LogP contribution in [0, 0.1) is 0 Å². The van der Waals surface area contributed by atoms with Gasteiger partial charge in [-0.3, -0.25) is 4.79 Å². The number of aromatic nitrogens is 3. The van der Waals surface area contributed by atoms with E-state index in [1.165, 1.54) is 6.21 Å². The number of rotatable bonds is 5. The zero-order chi connectivity index (χ0) is 16.1. The van der Waals surface area contributed by atoms with E-state index in [1.807, 2.05) is 24.3 Å². The quantitative estimate of drug-likeness (QED) is 0.530. The lowest BCUT2D eigenvalue weighted by Gasteiger charge is -2.04. The summed E-state index contributed by atoms with van der Waals surface area (Å²) in [7, 11) is 1.58. The molecule has 0 saturated carbocycles. The molecule has 0 spiro atoms. The van der Waals surface area contributed by atoms with Gasteiger partial charge in [0, 0.05) is 5.56 Å². The third-order valence-electron chi connectivity index (χ3n) is 3.21. The van der Waals surface area contributed by atoms with Gasteiger partial charge in [0.1, 0.15) is 11.3 Å². The van der Waals surface area contributed by atoms with Gasteiger partial charge in [-0.2, -0.15) is 4.68 Å². The van der Waals surface area contributed by atoms with Crippen LogP contribution in [0.1, 0.15) is 5.56 Å². The van der Waals surface area contributed by atoms with Crippen LogP contribution in [0.5, 0.6) is 5.75 Å². The molecule has 3 aromatic rings. The molecule has 0 saturated heterocycles. The van der Waals surface area contributed by atoms with Gasteiger partial charge in [0.15, 0.2) is 0 Å². The Hall–Kier alpha value is -3.22. The second-order valence-corrected chi connectivity index (χ2v) is 4.65. The molecule has 0 aliphatic carbocycles. The number of ether oxygens (including phenoxy) is 1. The molecule has 0 aliphatic rings. The minimum absolute atomic E-state index is 0.123. The molecule has 0 bridgehead atoms. The van der Waals surface area contributed by atoms with Gasteiger partial charge in [0.25, 0.3) is 5.56 Å². The van der Waals surface area contributed by atoms with Crippen LogP contribution in [0.2, 0.25) is 0 Å². The normalized spacial score (nSPS) is 11.0. The summed E-state index contributed by atoms with van der Waals surface area (Å²) in [6.45, 7) is -0.123. The molecule has 0 radical (unpaired) electrons. The van der Waals surface area contributed by atoms with E-state index >= 15 is 0 Å². The molecule has 0 unspecified atom stereocenters. The van der Waals surface area contributed by atoms with Gasteiger partial charge in [-0.25, -0.2) is 0 Å². The fourth-order valence-electron chi connectivity index (χ4n) is 2.06. The van der Waals surface area contributed by atoms with Crippen LogP contribution in [-0.4, -0.2) is 28.3 Å². The number of methoxy groups -OCH3 is 1. The van der Waals surface area contributed by atoms with Crippen LogP contribution >= 0.6 is 0 Å². The molecular formula is C16H14N4O3. The first-order chi connectivity index (χ1) is 11.3. The smallest absolute Gasteiger partial charge is 0.280 e. The van der Waals surface area contributed by atoms with Crippen molar-refractivity contribution in [2.24, 2.45) is 5.16 Å². The van der Waals surface area contributed by atoms with Gasteiger partial charge >= 0.3 is 0 Å². The Morgan fingerprint density at radius 1 is 1.17 bits per heavy atom. The highest BCUT2D eigenvalue weighted by molar-refractivity contribution is 5.83. The third kappa shape index (κ3) is 3.18. The van der Waals surface area contributed by atoms with E-state index in [9.17, 15) is 4.79 Å². The van der Waals surface area contributed by atoms with Gasteiger partial charge in [0.2, 0.25) is 6.73 Å². The van der Waals surface area contributed by atoms with Gasteiger partial charge in [-0.15, -0.1) is 5.10 Å². The van der Waals surface area contributed by atoms with Crippen molar-refractivity contribution in [1.29, 1.82) is 0 Å². The van der Waals surface area contributed by atoms with Crippen molar-refractivity contribution >= 4 is 17.1 Å². The number of benzene rings is 2. The lowest BCUT2D eigenvalue weighted by molar-refractivity contribution is 0.0713. The summed E-state index contributed by atoms with van der Waals surface area (Å²) < 4.78 is 6.32. The summed E-state index contributed by atoms with van der Waals surface area (Å²) in [6, 6.07) is 14.4. The van der Waals surface area contributed by atoms with E-state index in [-0.39, 0.29) is 12.3 Å². The minimum Gasteiger partial charge on any atom is -0.496 e. The standard InChI is InChI=1S/C16H14N4O3/c1-22-15-9-5-2-6-12(15)10-17-23-11-20-16(21)13-7-3-4-8-14(13)18-19-20/h2-10H,11H2,1H3/b17-10-. The van der Waals surface area contributed by atoms with E-state index in [0.717, 1.165) is 10.2 Å². The van der Waals surface area contributed by atoms with Crippen molar-refractivity contribution in [2.45, 2.75) is 6.73 Å². The highest BCUT2D eigenvalue weighted by atomic mass is 16.6. The summed E-state index contributed by atoms with van der Waals surface area (Å²) in [6.07, 6.45) is 1.51. The van der Waals surface area contributed by atoms with E-state index < -0.39 is 0 Å². The van der Waals surface area contributed by atoms with E-state index in [2.05, 4.69) is 15.5 Å². The van der Waals surface area contributed by atoms with Gasteiger partial charge in [-0.05, 0) is 24.3 Å². The first kappa shape index (κ1) is 14.7. The molecule has 23 heavy (non-hydrogen) atoms. The number of hydrogen-bond acceptors (Lipinski definition) is 6. The molecule has 116 valence electrons. The zero-order valence-corrected chi connectivity index (χ0v) is 12.4. The van der Waals surface area contributed by atoms with Crippen molar-refractivity contribution in [3.8, 4) is 5.75 Å². The highest BCUT2D eigenvalue weighted by Crippen LogP contribution is 2.14. The maximum absolute atomic E-state index is 12.2. The second kappa shape index (κ2) is 6.69. The van der Waals surface area contributed by atoms with Gasteiger partial charge in [-0.1, -0.05) is 34.6 Å². The molecule has 3 rings (SSSR count). The van der Waals surface area contributed by atoms with Crippen molar-refractivity contribution in [1.82, 2.24) is 15.0 Å². The molecule has 1 aromatic heterocycles. The predicted molar refractivity (Wildman–Crippen MR) is 85.5 cm³/mol. The molecular weight excluding hydrogens is 296 g/mol. The molecule has 0 amide bonds. The van der Waals surface area contributed by atoms with Crippen LogP contribution in [0.3, 0.4) is 0 Å². The van der Waals surface area contributed by atoms with Crippen LogP contribution < -0.4 is 10.3 Å². The molecule has 7 nitrogen and oxygen atoms in total. The summed E-state index contributed by atoms with van der Waals surface area (Å²) in [4.78, 5) is 17.3. The Kier molecular flexibility index (Phi) is 4.28. The Morgan fingerprint density at radius 2 is 1.96 bits per heavy atom. The Balaban J connectivity index is 1.73. The van der Waals surface area contributed by atoms with Crippen LogP contribution in [0.4, 0.5) is 0 Å². The number of hydrogen-bond donors (Lipinski definition) is 0. The Bertz CT molecular complexity index is 905. The largest absolute Gasteiger partial charge is 0.496 e. The van der Waals surface area contributed by atoms with E-state index in [0.29, 0.717) is 16.7 Å². The van der Waals surface area contributed by atoms with Crippen molar-refractivity contribution in [3.05, 3.63) is 64.4 Å². The number of fused-ring (bicyclic) bond motifs is 1. The van der Waals surface area contributed by atoms with E-state index in [4.69, 9.17) is 9.57 Å². The molecule has 0 atom stereocenters. The van der Waals surface area contributed by atoms with Crippen LogP contribution in [0.15, 0.2) is 58.5 Å². The molecule has 7 heteroatoms. The monoisotopic (exact) mass is 310 g/mol. The highest BCUT2D eigenvalue weighted by Gasteiger charge is 2.04. The Labute approximate surface area is 131 Å².